The first kappa shape index (κ1) is 18.4. The van der Waals surface area contributed by atoms with Crippen LogP contribution < -0.4 is 5.32 Å². The first-order valence-electron chi connectivity index (χ1n) is 9.47. The molecule has 142 valence electrons. The number of aromatic nitrogens is 2. The predicted molar refractivity (Wildman–Crippen MR) is 97.0 cm³/mol. The highest BCUT2D eigenvalue weighted by Gasteiger charge is 2.26. The van der Waals surface area contributed by atoms with Crippen molar-refractivity contribution in [2.24, 2.45) is 0 Å². The van der Waals surface area contributed by atoms with Crippen molar-refractivity contribution in [2.45, 2.75) is 45.1 Å². The predicted octanol–water partition coefficient (Wildman–Crippen LogP) is 2.14. The number of hydrogen-bond donors (Lipinski definition) is 1. The fourth-order valence-corrected chi connectivity index (χ4v) is 3.43. The van der Waals surface area contributed by atoms with Crippen LogP contribution in [0.15, 0.2) is 12.4 Å². The van der Waals surface area contributed by atoms with E-state index in [1.54, 1.807) is 29.1 Å². The van der Waals surface area contributed by atoms with Gasteiger partial charge in [0.2, 0.25) is 5.95 Å². The van der Waals surface area contributed by atoms with Crippen LogP contribution in [0.1, 0.15) is 49.4 Å². The van der Waals surface area contributed by atoms with Crippen molar-refractivity contribution in [3.8, 4) is 0 Å². The highest BCUT2D eigenvalue weighted by molar-refractivity contribution is 5.93. The lowest BCUT2D eigenvalue weighted by Crippen LogP contribution is -2.50. The molecular formula is C18H27N5O3. The third-order valence-corrected chi connectivity index (χ3v) is 4.93. The quantitative estimate of drug-likeness (QED) is 0.884. The summed E-state index contributed by atoms with van der Waals surface area (Å²) in [7, 11) is 0. The summed E-state index contributed by atoms with van der Waals surface area (Å²) in [6, 6.07) is 0.432. The zero-order valence-corrected chi connectivity index (χ0v) is 15.3. The average Bonchev–Trinajstić information content (AvgIpc) is 2.69. The first-order chi connectivity index (χ1) is 12.7. The van der Waals surface area contributed by atoms with Gasteiger partial charge in [-0.25, -0.2) is 14.8 Å². The number of anilines is 1. The number of carbonyl (C=O) groups is 2. The molecule has 3 rings (SSSR count). The van der Waals surface area contributed by atoms with E-state index in [2.05, 4.69) is 15.3 Å². The molecule has 0 spiro atoms. The Kier molecular flexibility index (Phi) is 6.25. The van der Waals surface area contributed by atoms with Crippen LogP contribution in [-0.4, -0.2) is 70.6 Å². The van der Waals surface area contributed by atoms with Gasteiger partial charge in [0.1, 0.15) is 0 Å². The molecule has 0 unspecified atom stereocenters. The van der Waals surface area contributed by atoms with Crippen molar-refractivity contribution in [1.29, 1.82) is 0 Å². The summed E-state index contributed by atoms with van der Waals surface area (Å²) < 4.78 is 4.99. The zero-order chi connectivity index (χ0) is 18.4. The number of nitrogens with one attached hydrogen (secondary N) is 1. The van der Waals surface area contributed by atoms with Crippen LogP contribution in [0.4, 0.5) is 10.7 Å². The molecule has 8 heteroatoms. The Bertz CT molecular complexity index is 608. The van der Waals surface area contributed by atoms with Gasteiger partial charge in [-0.15, -0.1) is 0 Å². The van der Waals surface area contributed by atoms with Crippen molar-refractivity contribution in [1.82, 2.24) is 19.8 Å². The molecule has 2 heterocycles. The topological polar surface area (TPSA) is 87.7 Å². The van der Waals surface area contributed by atoms with Crippen molar-refractivity contribution >= 4 is 17.9 Å². The van der Waals surface area contributed by atoms with Gasteiger partial charge in [-0.2, -0.15) is 0 Å². The Morgan fingerprint density at radius 3 is 2.31 bits per heavy atom. The van der Waals surface area contributed by atoms with Crippen molar-refractivity contribution < 1.29 is 14.3 Å². The zero-order valence-electron chi connectivity index (χ0n) is 15.3. The molecule has 0 radical (unpaired) electrons. The Hall–Kier alpha value is -2.38. The van der Waals surface area contributed by atoms with Crippen LogP contribution in [0.3, 0.4) is 0 Å². The fraction of sp³-hybridized carbons (Fsp3) is 0.667. The van der Waals surface area contributed by atoms with Gasteiger partial charge in [0, 0.05) is 44.6 Å². The maximum Gasteiger partial charge on any atom is 0.409 e. The van der Waals surface area contributed by atoms with Crippen LogP contribution in [0.2, 0.25) is 0 Å². The molecule has 1 saturated heterocycles. The van der Waals surface area contributed by atoms with Gasteiger partial charge in [0.25, 0.3) is 5.91 Å². The van der Waals surface area contributed by atoms with Crippen LogP contribution in [0.5, 0.6) is 0 Å². The number of ether oxygens (including phenoxy) is 1. The van der Waals surface area contributed by atoms with Crippen LogP contribution in [-0.2, 0) is 4.74 Å². The highest BCUT2D eigenvalue weighted by atomic mass is 16.6. The number of hydrogen-bond acceptors (Lipinski definition) is 6. The Balaban J connectivity index is 1.51. The van der Waals surface area contributed by atoms with E-state index in [0.29, 0.717) is 50.3 Å². The van der Waals surface area contributed by atoms with Gasteiger partial charge >= 0.3 is 6.09 Å². The number of nitrogens with zero attached hydrogens (tertiary/aromatic N) is 4. The summed E-state index contributed by atoms with van der Waals surface area (Å²) in [6.07, 6.45) is 8.93. The second-order valence-electron chi connectivity index (χ2n) is 6.75. The lowest BCUT2D eigenvalue weighted by atomic mass is 9.96. The molecule has 2 fully saturated rings. The van der Waals surface area contributed by atoms with Gasteiger partial charge in [-0.3, -0.25) is 4.79 Å². The summed E-state index contributed by atoms with van der Waals surface area (Å²) in [5.74, 6) is 0.485. The molecule has 1 saturated carbocycles. The second-order valence-corrected chi connectivity index (χ2v) is 6.75. The molecule has 1 aromatic heterocycles. The van der Waals surface area contributed by atoms with Crippen molar-refractivity contribution in [2.75, 3.05) is 38.1 Å². The van der Waals surface area contributed by atoms with Crippen LogP contribution >= 0.6 is 0 Å². The molecule has 0 atom stereocenters. The molecule has 8 nitrogen and oxygen atoms in total. The minimum absolute atomic E-state index is 0.0993. The van der Waals surface area contributed by atoms with E-state index in [-0.39, 0.29) is 12.0 Å². The van der Waals surface area contributed by atoms with E-state index < -0.39 is 0 Å². The van der Waals surface area contributed by atoms with E-state index in [0.717, 1.165) is 12.8 Å². The summed E-state index contributed by atoms with van der Waals surface area (Å²) in [4.78, 5) is 36.3. The Labute approximate surface area is 153 Å². The third-order valence-electron chi connectivity index (χ3n) is 4.93. The summed E-state index contributed by atoms with van der Waals surface area (Å²) in [6.45, 7) is 4.07. The number of piperazine rings is 1. The molecule has 1 aliphatic heterocycles. The van der Waals surface area contributed by atoms with Gasteiger partial charge in [-0.05, 0) is 19.8 Å². The van der Waals surface area contributed by atoms with E-state index in [1.807, 2.05) is 0 Å². The second kappa shape index (κ2) is 8.82. The highest BCUT2D eigenvalue weighted by Crippen LogP contribution is 2.20. The van der Waals surface area contributed by atoms with E-state index in [4.69, 9.17) is 4.74 Å². The van der Waals surface area contributed by atoms with Gasteiger partial charge < -0.3 is 19.9 Å². The Morgan fingerprint density at radius 1 is 1.08 bits per heavy atom. The summed E-state index contributed by atoms with van der Waals surface area (Å²) in [5.41, 5.74) is 0.476. The first-order valence-corrected chi connectivity index (χ1v) is 9.47. The largest absolute Gasteiger partial charge is 0.450 e. The third kappa shape index (κ3) is 4.62. The number of carbonyl (C=O) groups excluding carboxylic acids is 2. The maximum absolute atomic E-state index is 12.6. The van der Waals surface area contributed by atoms with Crippen LogP contribution in [0, 0.1) is 0 Å². The molecule has 2 aliphatic rings. The Morgan fingerprint density at radius 2 is 1.69 bits per heavy atom. The van der Waals surface area contributed by atoms with Gasteiger partial charge in [0.15, 0.2) is 0 Å². The average molecular weight is 361 g/mol. The summed E-state index contributed by atoms with van der Waals surface area (Å²) in [5, 5.41) is 3.35. The van der Waals surface area contributed by atoms with E-state index >= 15 is 0 Å². The molecule has 0 aromatic carbocycles. The molecule has 1 aromatic rings. The van der Waals surface area contributed by atoms with E-state index in [9.17, 15) is 9.59 Å². The molecule has 1 aliphatic carbocycles. The lowest BCUT2D eigenvalue weighted by molar-refractivity contribution is 0.0570. The molecular weight excluding hydrogens is 334 g/mol. The lowest BCUT2D eigenvalue weighted by Gasteiger charge is -2.34. The number of rotatable bonds is 4. The van der Waals surface area contributed by atoms with Gasteiger partial charge in [0.05, 0.1) is 12.2 Å². The monoisotopic (exact) mass is 361 g/mol. The minimum Gasteiger partial charge on any atom is -0.450 e. The summed E-state index contributed by atoms with van der Waals surface area (Å²) >= 11 is 0. The number of amides is 2. The molecule has 2 amide bonds. The molecule has 26 heavy (non-hydrogen) atoms. The van der Waals surface area contributed by atoms with E-state index in [1.165, 1.54) is 19.3 Å². The van der Waals surface area contributed by atoms with Crippen molar-refractivity contribution in [3.63, 3.8) is 0 Å². The van der Waals surface area contributed by atoms with Crippen molar-refractivity contribution in [3.05, 3.63) is 18.0 Å². The van der Waals surface area contributed by atoms with Crippen LogP contribution in [0.25, 0.3) is 0 Å². The van der Waals surface area contributed by atoms with Gasteiger partial charge in [-0.1, -0.05) is 19.3 Å². The standard InChI is InChI=1S/C18H27N5O3/c1-2-26-18(25)23-10-8-22(9-11-23)16(24)14-12-19-17(20-13-14)21-15-6-4-3-5-7-15/h12-13,15H,2-11H2,1H3,(H,19,20,21). The molecule has 0 bridgehead atoms. The maximum atomic E-state index is 12.6. The minimum atomic E-state index is -0.318. The SMILES string of the molecule is CCOC(=O)N1CCN(C(=O)c2cnc(NC3CCCCC3)nc2)CC1. The smallest absolute Gasteiger partial charge is 0.409 e. The fourth-order valence-electron chi connectivity index (χ4n) is 3.43. The normalized spacial score (nSPS) is 18.5. The molecule has 1 N–H and O–H groups in total.